The average Bonchev–Trinajstić information content (AvgIpc) is 2.65. The van der Waals surface area contributed by atoms with Gasteiger partial charge in [-0.25, -0.2) is 4.79 Å². The first-order valence-electron chi connectivity index (χ1n) is 4.93. The van der Waals surface area contributed by atoms with E-state index in [2.05, 4.69) is 10.3 Å². The molecule has 17 heavy (non-hydrogen) atoms. The van der Waals surface area contributed by atoms with Gasteiger partial charge in [0.2, 0.25) is 0 Å². The van der Waals surface area contributed by atoms with Crippen LogP contribution >= 0.6 is 0 Å². The maximum atomic E-state index is 10.9. The van der Waals surface area contributed by atoms with Gasteiger partial charge in [-0.05, 0) is 25.1 Å². The second-order valence-electron chi connectivity index (χ2n) is 3.69. The normalized spacial score (nSPS) is 12.0. The first-order valence-corrected chi connectivity index (χ1v) is 4.93. The number of aromatic carboxylic acids is 1. The highest BCUT2D eigenvalue weighted by molar-refractivity contribution is 6.08. The Morgan fingerprint density at radius 1 is 1.47 bits per heavy atom. The van der Waals surface area contributed by atoms with Gasteiger partial charge in [-0.2, -0.15) is 5.10 Å². The summed E-state index contributed by atoms with van der Waals surface area (Å²) in [4.78, 5) is 10.9. The topological polar surface area (TPSA) is 87.7 Å². The first-order chi connectivity index (χ1) is 8.04. The van der Waals surface area contributed by atoms with Crippen molar-refractivity contribution in [1.82, 2.24) is 9.78 Å². The van der Waals surface area contributed by atoms with E-state index in [1.165, 1.54) is 6.07 Å². The van der Waals surface area contributed by atoms with Crippen LogP contribution in [0, 0.1) is 0 Å². The molecule has 0 unspecified atom stereocenters. The fourth-order valence-corrected chi connectivity index (χ4v) is 1.71. The fraction of sp³-hybridized carbons (Fsp3) is 0.182. The molecule has 0 saturated carbocycles. The van der Waals surface area contributed by atoms with Crippen LogP contribution in [0.1, 0.15) is 23.0 Å². The number of aryl methyl sites for hydroxylation is 1. The van der Waals surface area contributed by atoms with Crippen molar-refractivity contribution in [2.24, 2.45) is 12.2 Å². The van der Waals surface area contributed by atoms with Crippen LogP contribution in [-0.2, 0) is 7.05 Å². The number of oxime groups is 1. The highest BCUT2D eigenvalue weighted by atomic mass is 16.4. The molecule has 0 aliphatic heterocycles. The summed E-state index contributed by atoms with van der Waals surface area (Å²) in [5, 5.41) is 25.7. The molecule has 2 rings (SSSR count). The third-order valence-electron chi connectivity index (χ3n) is 2.59. The summed E-state index contributed by atoms with van der Waals surface area (Å²) >= 11 is 0. The molecule has 2 N–H and O–H groups in total. The number of benzene rings is 1. The van der Waals surface area contributed by atoms with E-state index in [4.69, 9.17) is 10.3 Å². The van der Waals surface area contributed by atoms with E-state index in [1.807, 2.05) is 0 Å². The standard InChI is InChI=1S/C11H11N3O3/c1-6(13-17)10-8-4-3-7(11(15)16)5-9(8)14(2)12-10/h3-5,17H,1-2H3,(H,15,16). The summed E-state index contributed by atoms with van der Waals surface area (Å²) in [5.41, 5.74) is 1.81. The number of carbonyl (C=O) groups is 1. The molecule has 0 saturated heterocycles. The van der Waals surface area contributed by atoms with Gasteiger partial charge >= 0.3 is 5.97 Å². The van der Waals surface area contributed by atoms with E-state index in [-0.39, 0.29) is 5.56 Å². The molecule has 6 heteroatoms. The minimum absolute atomic E-state index is 0.200. The van der Waals surface area contributed by atoms with Crippen LogP contribution in [0.15, 0.2) is 23.4 Å². The Hall–Kier alpha value is -2.37. The van der Waals surface area contributed by atoms with Crippen LogP contribution in [0.3, 0.4) is 0 Å². The second kappa shape index (κ2) is 3.89. The zero-order valence-corrected chi connectivity index (χ0v) is 9.38. The number of hydrogen-bond acceptors (Lipinski definition) is 4. The highest BCUT2D eigenvalue weighted by Gasteiger charge is 2.13. The monoisotopic (exact) mass is 233 g/mol. The average molecular weight is 233 g/mol. The SMILES string of the molecule is CC(=NO)c1nn(C)c2cc(C(=O)O)ccc12. The Morgan fingerprint density at radius 2 is 2.18 bits per heavy atom. The number of carboxylic acids is 1. The fourth-order valence-electron chi connectivity index (χ4n) is 1.71. The van der Waals surface area contributed by atoms with E-state index in [0.717, 1.165) is 5.39 Å². The van der Waals surface area contributed by atoms with Crippen molar-refractivity contribution in [1.29, 1.82) is 0 Å². The molecule has 6 nitrogen and oxygen atoms in total. The Labute approximate surface area is 96.8 Å². The summed E-state index contributed by atoms with van der Waals surface area (Å²) in [7, 11) is 1.71. The van der Waals surface area contributed by atoms with Crippen molar-refractivity contribution in [2.45, 2.75) is 6.92 Å². The van der Waals surface area contributed by atoms with Crippen molar-refractivity contribution >= 4 is 22.6 Å². The largest absolute Gasteiger partial charge is 0.478 e. The Kier molecular flexibility index (Phi) is 2.55. The summed E-state index contributed by atoms with van der Waals surface area (Å²) < 4.78 is 1.56. The molecule has 1 aromatic carbocycles. The number of carboxylic acid groups (broad SMARTS) is 1. The summed E-state index contributed by atoms with van der Waals surface area (Å²) in [5.74, 6) is -0.984. The molecule has 0 aliphatic carbocycles. The molecule has 0 bridgehead atoms. The smallest absolute Gasteiger partial charge is 0.335 e. The van der Waals surface area contributed by atoms with Gasteiger partial charge in [0.25, 0.3) is 0 Å². The molecule has 0 radical (unpaired) electrons. The quantitative estimate of drug-likeness (QED) is 0.467. The number of hydrogen-bond donors (Lipinski definition) is 2. The van der Waals surface area contributed by atoms with Gasteiger partial charge in [0.15, 0.2) is 0 Å². The van der Waals surface area contributed by atoms with Gasteiger partial charge in [0, 0.05) is 12.4 Å². The zero-order chi connectivity index (χ0) is 12.6. The Balaban J connectivity index is 2.74. The Bertz CT molecular complexity index is 628. The molecular weight excluding hydrogens is 222 g/mol. The molecular formula is C11H11N3O3. The Morgan fingerprint density at radius 3 is 2.76 bits per heavy atom. The minimum atomic E-state index is -0.984. The van der Waals surface area contributed by atoms with E-state index in [9.17, 15) is 4.79 Å². The molecule has 0 amide bonds. The van der Waals surface area contributed by atoms with Gasteiger partial charge in [-0.3, -0.25) is 4.68 Å². The lowest BCUT2D eigenvalue weighted by Gasteiger charge is -1.97. The number of nitrogens with zero attached hydrogens (tertiary/aromatic N) is 3. The van der Waals surface area contributed by atoms with E-state index in [0.29, 0.717) is 16.9 Å². The van der Waals surface area contributed by atoms with E-state index < -0.39 is 5.97 Å². The van der Waals surface area contributed by atoms with Crippen molar-refractivity contribution in [3.63, 3.8) is 0 Å². The van der Waals surface area contributed by atoms with Gasteiger partial charge in [0.05, 0.1) is 11.1 Å². The lowest BCUT2D eigenvalue weighted by Crippen LogP contribution is -1.97. The van der Waals surface area contributed by atoms with Crippen LogP contribution in [-0.4, -0.2) is 31.8 Å². The maximum absolute atomic E-state index is 10.9. The molecule has 0 atom stereocenters. The van der Waals surface area contributed by atoms with Crippen LogP contribution in [0.4, 0.5) is 0 Å². The van der Waals surface area contributed by atoms with Crippen LogP contribution < -0.4 is 0 Å². The van der Waals surface area contributed by atoms with Crippen molar-refractivity contribution < 1.29 is 15.1 Å². The first kappa shape index (κ1) is 11.1. The molecule has 0 spiro atoms. The summed E-state index contributed by atoms with van der Waals surface area (Å²) in [6.45, 7) is 1.63. The number of rotatable bonds is 2. The van der Waals surface area contributed by atoms with Crippen molar-refractivity contribution in [3.05, 3.63) is 29.5 Å². The van der Waals surface area contributed by atoms with Gasteiger partial charge in [-0.15, -0.1) is 0 Å². The minimum Gasteiger partial charge on any atom is -0.478 e. The lowest BCUT2D eigenvalue weighted by atomic mass is 10.1. The predicted octanol–water partition coefficient (Wildman–Crippen LogP) is 1.47. The molecule has 0 aliphatic rings. The predicted molar refractivity (Wildman–Crippen MR) is 61.7 cm³/mol. The molecule has 1 heterocycles. The molecule has 88 valence electrons. The molecule has 0 fully saturated rings. The van der Waals surface area contributed by atoms with E-state index >= 15 is 0 Å². The number of fused-ring (bicyclic) bond motifs is 1. The third kappa shape index (κ3) is 1.73. The van der Waals surface area contributed by atoms with Gasteiger partial charge < -0.3 is 10.3 Å². The molecule has 2 aromatic rings. The van der Waals surface area contributed by atoms with Gasteiger partial charge in [0.1, 0.15) is 11.4 Å². The lowest BCUT2D eigenvalue weighted by molar-refractivity contribution is 0.0697. The highest BCUT2D eigenvalue weighted by Crippen LogP contribution is 2.20. The van der Waals surface area contributed by atoms with Crippen molar-refractivity contribution in [3.8, 4) is 0 Å². The van der Waals surface area contributed by atoms with Crippen LogP contribution in [0.25, 0.3) is 10.9 Å². The van der Waals surface area contributed by atoms with Crippen molar-refractivity contribution in [2.75, 3.05) is 0 Å². The maximum Gasteiger partial charge on any atom is 0.335 e. The van der Waals surface area contributed by atoms with Crippen LogP contribution in [0.2, 0.25) is 0 Å². The van der Waals surface area contributed by atoms with E-state index in [1.54, 1.807) is 30.8 Å². The third-order valence-corrected chi connectivity index (χ3v) is 2.59. The van der Waals surface area contributed by atoms with Crippen LogP contribution in [0.5, 0.6) is 0 Å². The number of aromatic nitrogens is 2. The summed E-state index contributed by atoms with van der Waals surface area (Å²) in [6, 6.07) is 4.70. The summed E-state index contributed by atoms with van der Waals surface area (Å²) in [6.07, 6.45) is 0. The molecule has 1 aromatic heterocycles. The zero-order valence-electron chi connectivity index (χ0n) is 9.38. The second-order valence-corrected chi connectivity index (χ2v) is 3.69. The van der Waals surface area contributed by atoms with Gasteiger partial charge in [-0.1, -0.05) is 5.16 Å².